The molecule has 0 aliphatic heterocycles. The summed E-state index contributed by atoms with van der Waals surface area (Å²) in [5.41, 5.74) is 0.578. The van der Waals surface area contributed by atoms with Gasteiger partial charge >= 0.3 is 5.97 Å². The molecule has 0 radical (unpaired) electrons. The van der Waals surface area contributed by atoms with Crippen molar-refractivity contribution in [1.29, 1.82) is 0 Å². The van der Waals surface area contributed by atoms with E-state index in [1.54, 1.807) is 18.6 Å². The molecular weight excluding hydrogens is 252 g/mol. The van der Waals surface area contributed by atoms with E-state index >= 15 is 0 Å². The maximum atomic E-state index is 12.0. The molecule has 0 spiro atoms. The fourth-order valence-corrected chi connectivity index (χ4v) is 2.06. The zero-order chi connectivity index (χ0) is 13.8. The van der Waals surface area contributed by atoms with Crippen molar-refractivity contribution in [2.75, 3.05) is 6.61 Å². The Labute approximate surface area is 116 Å². The van der Waals surface area contributed by atoms with Crippen LogP contribution in [0, 0.1) is 0 Å². The second-order valence-electron chi connectivity index (χ2n) is 4.50. The van der Waals surface area contributed by atoms with E-state index in [0.29, 0.717) is 18.7 Å². The van der Waals surface area contributed by atoms with Gasteiger partial charge < -0.3 is 9.30 Å². The highest BCUT2D eigenvalue weighted by atomic mass is 16.5. The molecule has 1 aromatic heterocycles. The smallest absolute Gasteiger partial charge is 0.338 e. The van der Waals surface area contributed by atoms with E-state index in [0.717, 1.165) is 10.8 Å². The predicted molar refractivity (Wildman–Crippen MR) is 76.5 cm³/mol. The molecule has 0 saturated carbocycles. The number of fused-ring (bicyclic) bond motifs is 1. The topological polar surface area (TPSA) is 44.1 Å². The highest BCUT2D eigenvalue weighted by molar-refractivity contribution is 5.95. The molecule has 0 bridgehead atoms. The highest BCUT2D eigenvalue weighted by Gasteiger charge is 2.07. The summed E-state index contributed by atoms with van der Waals surface area (Å²) in [7, 11) is 0. The van der Waals surface area contributed by atoms with Crippen molar-refractivity contribution < 1.29 is 9.53 Å². The van der Waals surface area contributed by atoms with E-state index < -0.39 is 0 Å². The maximum Gasteiger partial charge on any atom is 0.338 e. The lowest BCUT2D eigenvalue weighted by molar-refractivity contribution is 0.0491. The first-order chi connectivity index (χ1) is 9.83. The van der Waals surface area contributed by atoms with Crippen LogP contribution in [-0.2, 0) is 11.3 Å². The predicted octanol–water partition coefficient (Wildman–Crippen LogP) is 2.89. The van der Waals surface area contributed by atoms with Crippen LogP contribution in [-0.4, -0.2) is 22.1 Å². The molecule has 20 heavy (non-hydrogen) atoms. The van der Waals surface area contributed by atoms with Crippen molar-refractivity contribution in [3.8, 4) is 0 Å². The van der Waals surface area contributed by atoms with Crippen molar-refractivity contribution >= 4 is 16.7 Å². The third kappa shape index (κ3) is 2.69. The Morgan fingerprint density at radius 1 is 1.15 bits per heavy atom. The van der Waals surface area contributed by atoms with Crippen molar-refractivity contribution in [3.63, 3.8) is 0 Å². The number of esters is 1. The maximum absolute atomic E-state index is 12.0. The number of ether oxygens (including phenoxy) is 1. The van der Waals surface area contributed by atoms with Crippen LogP contribution in [0.2, 0.25) is 0 Å². The molecule has 0 amide bonds. The van der Waals surface area contributed by atoms with Gasteiger partial charge in [0, 0.05) is 12.4 Å². The number of hydrogen-bond acceptors (Lipinski definition) is 3. The molecule has 0 atom stereocenters. The van der Waals surface area contributed by atoms with Crippen LogP contribution < -0.4 is 0 Å². The molecule has 0 aliphatic carbocycles. The summed E-state index contributed by atoms with van der Waals surface area (Å²) < 4.78 is 7.13. The average molecular weight is 266 g/mol. The minimum Gasteiger partial charge on any atom is -0.460 e. The number of hydrogen-bond donors (Lipinski definition) is 0. The number of benzene rings is 2. The molecular formula is C16H14N2O2. The Morgan fingerprint density at radius 2 is 2.00 bits per heavy atom. The Balaban J connectivity index is 1.66. The van der Waals surface area contributed by atoms with Gasteiger partial charge in [0.1, 0.15) is 6.61 Å². The van der Waals surface area contributed by atoms with Gasteiger partial charge in [0.05, 0.1) is 18.4 Å². The summed E-state index contributed by atoms with van der Waals surface area (Å²) in [5.74, 6) is -0.295. The van der Waals surface area contributed by atoms with Crippen molar-refractivity contribution in [2.45, 2.75) is 6.54 Å². The molecule has 0 fully saturated rings. The number of imidazole rings is 1. The Hall–Kier alpha value is -2.62. The van der Waals surface area contributed by atoms with Crippen molar-refractivity contribution in [2.24, 2.45) is 0 Å². The average Bonchev–Trinajstić information content (AvgIpc) is 3.00. The number of carbonyl (C=O) groups is 1. The van der Waals surface area contributed by atoms with Crippen molar-refractivity contribution in [1.82, 2.24) is 9.55 Å². The van der Waals surface area contributed by atoms with Gasteiger partial charge in [-0.25, -0.2) is 9.78 Å². The van der Waals surface area contributed by atoms with Gasteiger partial charge in [0.15, 0.2) is 0 Å². The Bertz CT molecular complexity index is 720. The lowest BCUT2D eigenvalue weighted by atomic mass is 10.1. The number of nitrogens with zero attached hydrogens (tertiary/aromatic N) is 2. The number of rotatable bonds is 4. The lowest BCUT2D eigenvalue weighted by Crippen LogP contribution is -2.10. The molecule has 0 saturated heterocycles. The summed E-state index contributed by atoms with van der Waals surface area (Å²) in [6, 6.07) is 13.5. The molecule has 100 valence electrons. The summed E-state index contributed by atoms with van der Waals surface area (Å²) in [5, 5.41) is 2.15. The van der Waals surface area contributed by atoms with Crippen LogP contribution in [0.5, 0.6) is 0 Å². The molecule has 2 aromatic carbocycles. The molecule has 3 aromatic rings. The Kier molecular flexibility index (Phi) is 3.46. The minimum absolute atomic E-state index is 0.295. The first-order valence-corrected chi connectivity index (χ1v) is 6.44. The van der Waals surface area contributed by atoms with E-state index in [2.05, 4.69) is 4.98 Å². The normalized spacial score (nSPS) is 10.6. The number of aromatic nitrogens is 2. The quantitative estimate of drug-likeness (QED) is 0.682. The van der Waals surface area contributed by atoms with Gasteiger partial charge in [0.25, 0.3) is 0 Å². The van der Waals surface area contributed by atoms with Crippen LogP contribution in [0.4, 0.5) is 0 Å². The molecule has 1 heterocycles. The lowest BCUT2D eigenvalue weighted by Gasteiger charge is -2.06. The molecule has 0 aliphatic rings. The van der Waals surface area contributed by atoms with E-state index in [1.165, 1.54) is 0 Å². The summed E-state index contributed by atoms with van der Waals surface area (Å²) >= 11 is 0. The third-order valence-electron chi connectivity index (χ3n) is 3.13. The van der Waals surface area contributed by atoms with Crippen LogP contribution in [0.3, 0.4) is 0 Å². The zero-order valence-electron chi connectivity index (χ0n) is 10.9. The van der Waals surface area contributed by atoms with E-state index in [1.807, 2.05) is 47.2 Å². The first-order valence-electron chi connectivity index (χ1n) is 6.44. The fourth-order valence-electron chi connectivity index (χ4n) is 2.06. The molecule has 0 unspecified atom stereocenters. The number of carbonyl (C=O) groups excluding carboxylic acids is 1. The van der Waals surface area contributed by atoms with Crippen LogP contribution in [0.25, 0.3) is 10.8 Å². The molecule has 4 nitrogen and oxygen atoms in total. The summed E-state index contributed by atoms with van der Waals surface area (Å²) in [6.07, 6.45) is 5.23. The van der Waals surface area contributed by atoms with Gasteiger partial charge in [-0.1, -0.05) is 30.3 Å². The second kappa shape index (κ2) is 5.57. The Morgan fingerprint density at radius 3 is 2.80 bits per heavy atom. The van der Waals surface area contributed by atoms with E-state index in [9.17, 15) is 4.79 Å². The van der Waals surface area contributed by atoms with Gasteiger partial charge in [-0.2, -0.15) is 0 Å². The van der Waals surface area contributed by atoms with Crippen LogP contribution >= 0.6 is 0 Å². The first kappa shape index (κ1) is 12.4. The van der Waals surface area contributed by atoms with E-state index in [-0.39, 0.29) is 5.97 Å². The van der Waals surface area contributed by atoms with Gasteiger partial charge in [-0.05, 0) is 22.9 Å². The fraction of sp³-hybridized carbons (Fsp3) is 0.125. The van der Waals surface area contributed by atoms with Gasteiger partial charge in [-0.3, -0.25) is 0 Å². The van der Waals surface area contributed by atoms with E-state index in [4.69, 9.17) is 4.74 Å². The zero-order valence-corrected chi connectivity index (χ0v) is 10.9. The van der Waals surface area contributed by atoms with Crippen molar-refractivity contribution in [3.05, 3.63) is 66.7 Å². The summed E-state index contributed by atoms with van der Waals surface area (Å²) in [6.45, 7) is 0.946. The minimum atomic E-state index is -0.295. The molecule has 4 heteroatoms. The van der Waals surface area contributed by atoms with Crippen LogP contribution in [0.15, 0.2) is 61.2 Å². The standard InChI is InChI=1S/C16H14N2O2/c19-16(20-10-9-18-8-7-17-12-18)15-6-5-13-3-1-2-4-14(13)11-15/h1-8,11-12H,9-10H2. The molecule has 0 N–H and O–H groups in total. The highest BCUT2D eigenvalue weighted by Crippen LogP contribution is 2.16. The molecule has 3 rings (SSSR count). The summed E-state index contributed by atoms with van der Waals surface area (Å²) in [4.78, 5) is 15.9. The largest absolute Gasteiger partial charge is 0.460 e. The second-order valence-corrected chi connectivity index (χ2v) is 4.50. The monoisotopic (exact) mass is 266 g/mol. The third-order valence-corrected chi connectivity index (χ3v) is 3.13. The SMILES string of the molecule is O=C(OCCn1ccnc1)c1ccc2ccccc2c1. The van der Waals surface area contributed by atoms with Crippen LogP contribution in [0.1, 0.15) is 10.4 Å². The van der Waals surface area contributed by atoms with Gasteiger partial charge in [0.2, 0.25) is 0 Å². The van der Waals surface area contributed by atoms with Gasteiger partial charge in [-0.15, -0.1) is 0 Å².